The summed E-state index contributed by atoms with van der Waals surface area (Å²) < 4.78 is 32.9. The number of anilines is 1. The molecule has 0 radical (unpaired) electrons. The molecular weight excluding hydrogens is 256 g/mol. The summed E-state index contributed by atoms with van der Waals surface area (Å²) in [5, 5.41) is 3.74. The molecule has 0 aliphatic carbocycles. The van der Waals surface area contributed by atoms with Crippen molar-refractivity contribution in [2.45, 2.75) is 4.90 Å². The number of methoxy groups -OCH3 is 1. The summed E-state index contributed by atoms with van der Waals surface area (Å²) in [6, 6.07) is 6.02. The van der Waals surface area contributed by atoms with Gasteiger partial charge in [0.1, 0.15) is 11.4 Å². The zero-order valence-electron chi connectivity index (χ0n) is 9.88. The first kappa shape index (κ1) is 12.4. The van der Waals surface area contributed by atoms with E-state index in [1.54, 1.807) is 6.07 Å². The van der Waals surface area contributed by atoms with E-state index in [0.29, 0.717) is 17.0 Å². The molecule has 2 N–H and O–H groups in total. The van der Waals surface area contributed by atoms with Crippen LogP contribution in [-0.2, 0) is 9.84 Å². The maximum atomic E-state index is 11.5. The predicted molar refractivity (Wildman–Crippen MR) is 66.0 cm³/mol. The first-order valence-electron chi connectivity index (χ1n) is 5.02. The zero-order chi connectivity index (χ0) is 13.3. The standard InChI is InChI=1S/C11H12N2O4S/c1-16-10-4-3-7(18(2,14)15)5-8(10)9-6-11(12)17-13-9/h3-6H,12H2,1-2H3. The van der Waals surface area contributed by atoms with Crippen LogP contribution in [0.2, 0.25) is 0 Å². The Labute approximate surface area is 104 Å². The Morgan fingerprint density at radius 2 is 2.06 bits per heavy atom. The smallest absolute Gasteiger partial charge is 0.222 e. The topological polar surface area (TPSA) is 95.4 Å². The Morgan fingerprint density at radius 1 is 1.33 bits per heavy atom. The molecule has 1 aromatic heterocycles. The number of hydrogen-bond acceptors (Lipinski definition) is 6. The van der Waals surface area contributed by atoms with E-state index in [9.17, 15) is 8.42 Å². The molecule has 96 valence electrons. The molecular formula is C11H12N2O4S. The van der Waals surface area contributed by atoms with Gasteiger partial charge in [0, 0.05) is 17.9 Å². The summed E-state index contributed by atoms with van der Waals surface area (Å²) in [7, 11) is -1.81. The number of sulfone groups is 1. The van der Waals surface area contributed by atoms with Crippen LogP contribution >= 0.6 is 0 Å². The van der Waals surface area contributed by atoms with Crippen LogP contribution in [0.3, 0.4) is 0 Å². The van der Waals surface area contributed by atoms with Gasteiger partial charge in [0.15, 0.2) is 9.84 Å². The highest BCUT2D eigenvalue weighted by atomic mass is 32.2. The number of hydrogen-bond donors (Lipinski definition) is 1. The number of ether oxygens (including phenoxy) is 1. The van der Waals surface area contributed by atoms with Crippen molar-refractivity contribution < 1.29 is 17.7 Å². The van der Waals surface area contributed by atoms with Gasteiger partial charge in [0.25, 0.3) is 0 Å². The van der Waals surface area contributed by atoms with Gasteiger partial charge in [-0.25, -0.2) is 8.42 Å². The number of nitrogens with zero attached hydrogens (tertiary/aromatic N) is 1. The van der Waals surface area contributed by atoms with Crippen LogP contribution in [-0.4, -0.2) is 26.9 Å². The molecule has 18 heavy (non-hydrogen) atoms. The molecule has 6 nitrogen and oxygen atoms in total. The lowest BCUT2D eigenvalue weighted by atomic mass is 10.1. The van der Waals surface area contributed by atoms with Gasteiger partial charge in [0.2, 0.25) is 5.88 Å². The monoisotopic (exact) mass is 268 g/mol. The lowest BCUT2D eigenvalue weighted by Crippen LogP contribution is -1.98. The molecule has 0 aliphatic heterocycles. The van der Waals surface area contributed by atoms with E-state index in [1.165, 1.54) is 25.3 Å². The van der Waals surface area contributed by atoms with Crippen molar-refractivity contribution >= 4 is 15.7 Å². The highest BCUT2D eigenvalue weighted by Gasteiger charge is 2.15. The fourth-order valence-corrected chi connectivity index (χ4v) is 2.18. The van der Waals surface area contributed by atoms with Crippen molar-refractivity contribution in [1.29, 1.82) is 0 Å². The SMILES string of the molecule is COc1ccc(S(C)(=O)=O)cc1-c1cc(N)on1. The van der Waals surface area contributed by atoms with Gasteiger partial charge in [-0.1, -0.05) is 5.16 Å². The molecule has 0 amide bonds. The van der Waals surface area contributed by atoms with Crippen molar-refractivity contribution in [2.75, 3.05) is 19.1 Å². The number of benzene rings is 1. The summed E-state index contributed by atoms with van der Waals surface area (Å²) in [6.07, 6.45) is 1.13. The number of nitrogens with two attached hydrogens (primary N) is 1. The average Bonchev–Trinajstić information content (AvgIpc) is 2.73. The normalized spacial score (nSPS) is 11.4. The van der Waals surface area contributed by atoms with Crippen LogP contribution in [0.15, 0.2) is 33.7 Å². The average molecular weight is 268 g/mol. The summed E-state index contributed by atoms with van der Waals surface area (Å²) in [5.41, 5.74) is 6.38. The minimum Gasteiger partial charge on any atom is -0.496 e. The van der Waals surface area contributed by atoms with E-state index in [0.717, 1.165) is 6.26 Å². The quantitative estimate of drug-likeness (QED) is 0.902. The largest absolute Gasteiger partial charge is 0.496 e. The summed E-state index contributed by atoms with van der Waals surface area (Å²) >= 11 is 0. The van der Waals surface area contributed by atoms with Crippen molar-refractivity contribution in [1.82, 2.24) is 5.16 Å². The molecule has 0 saturated carbocycles. The van der Waals surface area contributed by atoms with E-state index < -0.39 is 9.84 Å². The second-order valence-electron chi connectivity index (χ2n) is 3.75. The second-order valence-corrected chi connectivity index (χ2v) is 5.76. The molecule has 0 atom stereocenters. The minimum absolute atomic E-state index is 0.150. The predicted octanol–water partition coefficient (Wildman–Crippen LogP) is 1.34. The van der Waals surface area contributed by atoms with Gasteiger partial charge in [-0.05, 0) is 18.2 Å². The molecule has 0 spiro atoms. The third-order valence-corrected chi connectivity index (χ3v) is 3.51. The second kappa shape index (κ2) is 4.34. The Morgan fingerprint density at radius 3 is 2.56 bits per heavy atom. The van der Waals surface area contributed by atoms with E-state index in [4.69, 9.17) is 15.0 Å². The third-order valence-electron chi connectivity index (χ3n) is 2.40. The Balaban J connectivity index is 2.63. The highest BCUT2D eigenvalue weighted by molar-refractivity contribution is 7.90. The van der Waals surface area contributed by atoms with Crippen molar-refractivity contribution in [2.24, 2.45) is 0 Å². The van der Waals surface area contributed by atoms with E-state index >= 15 is 0 Å². The minimum atomic E-state index is -3.30. The van der Waals surface area contributed by atoms with Crippen LogP contribution in [0.1, 0.15) is 0 Å². The Bertz CT molecular complexity index is 676. The lowest BCUT2D eigenvalue weighted by molar-refractivity contribution is 0.413. The summed E-state index contributed by atoms with van der Waals surface area (Å²) in [6.45, 7) is 0. The third kappa shape index (κ3) is 2.30. The van der Waals surface area contributed by atoms with Crippen LogP contribution in [0, 0.1) is 0 Å². The first-order chi connectivity index (χ1) is 8.41. The highest BCUT2D eigenvalue weighted by Crippen LogP contribution is 2.32. The molecule has 7 heteroatoms. The molecule has 2 rings (SSSR count). The van der Waals surface area contributed by atoms with Crippen molar-refractivity contribution in [3.05, 3.63) is 24.3 Å². The van der Waals surface area contributed by atoms with Gasteiger partial charge < -0.3 is 15.0 Å². The maximum absolute atomic E-state index is 11.5. The van der Waals surface area contributed by atoms with Crippen LogP contribution in [0.25, 0.3) is 11.3 Å². The van der Waals surface area contributed by atoms with E-state index in [2.05, 4.69) is 5.16 Å². The van der Waals surface area contributed by atoms with Crippen LogP contribution < -0.4 is 10.5 Å². The van der Waals surface area contributed by atoms with Gasteiger partial charge in [-0.2, -0.15) is 0 Å². The molecule has 0 unspecified atom stereocenters. The maximum Gasteiger partial charge on any atom is 0.222 e. The molecule has 0 aliphatic rings. The zero-order valence-corrected chi connectivity index (χ0v) is 10.7. The lowest BCUT2D eigenvalue weighted by Gasteiger charge is -2.07. The van der Waals surface area contributed by atoms with Crippen molar-refractivity contribution in [3.8, 4) is 17.0 Å². The molecule has 0 bridgehead atoms. The Kier molecular flexibility index (Phi) is 3.00. The van der Waals surface area contributed by atoms with Gasteiger partial charge >= 0.3 is 0 Å². The van der Waals surface area contributed by atoms with Gasteiger partial charge in [-0.3, -0.25) is 0 Å². The molecule has 0 fully saturated rings. The van der Waals surface area contributed by atoms with Crippen molar-refractivity contribution in [3.63, 3.8) is 0 Å². The Hall–Kier alpha value is -2.02. The van der Waals surface area contributed by atoms with Gasteiger partial charge in [-0.15, -0.1) is 0 Å². The van der Waals surface area contributed by atoms with Gasteiger partial charge in [0.05, 0.1) is 12.0 Å². The first-order valence-corrected chi connectivity index (χ1v) is 6.91. The van der Waals surface area contributed by atoms with Crippen LogP contribution in [0.5, 0.6) is 5.75 Å². The van der Waals surface area contributed by atoms with E-state index in [1.807, 2.05) is 0 Å². The fraction of sp³-hybridized carbons (Fsp3) is 0.182. The van der Waals surface area contributed by atoms with Crippen LogP contribution in [0.4, 0.5) is 5.88 Å². The number of rotatable bonds is 3. The molecule has 1 aromatic carbocycles. The fourth-order valence-electron chi connectivity index (χ4n) is 1.53. The number of nitrogen functional groups attached to an aromatic ring is 1. The summed E-state index contributed by atoms with van der Waals surface area (Å²) in [4.78, 5) is 0.180. The molecule has 2 aromatic rings. The summed E-state index contributed by atoms with van der Waals surface area (Å²) in [5.74, 6) is 0.646. The number of aromatic nitrogens is 1. The molecule has 0 saturated heterocycles. The van der Waals surface area contributed by atoms with E-state index in [-0.39, 0.29) is 10.8 Å². The molecule has 1 heterocycles.